The van der Waals surface area contributed by atoms with Gasteiger partial charge < -0.3 is 15.7 Å². The summed E-state index contributed by atoms with van der Waals surface area (Å²) in [6.07, 6.45) is 2.78. The Morgan fingerprint density at radius 1 is 1.67 bits per heavy atom. The fraction of sp³-hybridized carbons (Fsp3) is 0.545. The van der Waals surface area contributed by atoms with Gasteiger partial charge >= 0.3 is 0 Å². The van der Waals surface area contributed by atoms with Crippen LogP contribution in [-0.4, -0.2) is 29.3 Å². The van der Waals surface area contributed by atoms with Gasteiger partial charge in [-0.3, -0.25) is 0 Å². The summed E-state index contributed by atoms with van der Waals surface area (Å²) in [6, 6.07) is 4.02. The molecule has 0 aliphatic carbocycles. The van der Waals surface area contributed by atoms with E-state index in [-0.39, 0.29) is 12.6 Å². The van der Waals surface area contributed by atoms with Crippen LogP contribution in [0.2, 0.25) is 0 Å². The molecule has 2 rings (SSSR count). The average molecular weight is 207 g/mol. The van der Waals surface area contributed by atoms with E-state index >= 15 is 0 Å². The second-order valence-electron chi connectivity index (χ2n) is 4.12. The third-order valence-electron chi connectivity index (χ3n) is 3.20. The molecule has 0 bridgehead atoms. The monoisotopic (exact) mass is 207 g/mol. The van der Waals surface area contributed by atoms with Gasteiger partial charge in [-0.05, 0) is 24.5 Å². The molecule has 15 heavy (non-hydrogen) atoms. The first-order chi connectivity index (χ1) is 7.24. The summed E-state index contributed by atoms with van der Waals surface area (Å²) in [5.41, 5.74) is 6.77. The Balaban J connectivity index is 2.28. The lowest BCUT2D eigenvalue weighted by atomic mass is 10.0. The largest absolute Gasteiger partial charge is 0.394 e. The predicted molar refractivity (Wildman–Crippen MR) is 60.7 cm³/mol. The van der Waals surface area contributed by atoms with Crippen LogP contribution in [0.3, 0.4) is 0 Å². The SMILES string of the molecule is CC1CCN(c2cccnc2N)C1CO. The number of nitrogens with zero attached hydrogens (tertiary/aromatic N) is 2. The zero-order valence-electron chi connectivity index (χ0n) is 8.93. The van der Waals surface area contributed by atoms with Crippen LogP contribution in [0, 0.1) is 5.92 Å². The number of nitrogens with two attached hydrogens (primary N) is 1. The lowest BCUT2D eigenvalue weighted by Crippen LogP contribution is -2.35. The minimum absolute atomic E-state index is 0.176. The van der Waals surface area contributed by atoms with E-state index in [1.54, 1.807) is 6.20 Å². The van der Waals surface area contributed by atoms with Crippen molar-refractivity contribution in [2.75, 3.05) is 23.8 Å². The minimum Gasteiger partial charge on any atom is -0.394 e. The van der Waals surface area contributed by atoms with E-state index in [2.05, 4.69) is 16.8 Å². The Labute approximate surface area is 89.7 Å². The van der Waals surface area contributed by atoms with Crippen LogP contribution in [0.25, 0.3) is 0 Å². The molecule has 0 saturated carbocycles. The molecule has 3 N–H and O–H groups in total. The normalized spacial score (nSPS) is 25.9. The smallest absolute Gasteiger partial charge is 0.146 e. The summed E-state index contributed by atoms with van der Waals surface area (Å²) in [4.78, 5) is 6.23. The van der Waals surface area contributed by atoms with Crippen LogP contribution in [-0.2, 0) is 0 Å². The second kappa shape index (κ2) is 4.06. The fourth-order valence-corrected chi connectivity index (χ4v) is 2.24. The first-order valence-electron chi connectivity index (χ1n) is 5.32. The molecule has 1 saturated heterocycles. The van der Waals surface area contributed by atoms with Gasteiger partial charge in [0, 0.05) is 12.7 Å². The first kappa shape index (κ1) is 10.2. The highest BCUT2D eigenvalue weighted by molar-refractivity contribution is 5.64. The molecule has 0 spiro atoms. The number of hydrogen-bond donors (Lipinski definition) is 2. The van der Waals surface area contributed by atoms with Crippen molar-refractivity contribution in [2.24, 2.45) is 5.92 Å². The lowest BCUT2D eigenvalue weighted by Gasteiger charge is -2.27. The maximum Gasteiger partial charge on any atom is 0.146 e. The van der Waals surface area contributed by atoms with Crippen molar-refractivity contribution in [1.82, 2.24) is 4.98 Å². The maximum atomic E-state index is 9.36. The van der Waals surface area contributed by atoms with Crippen LogP contribution in [0.5, 0.6) is 0 Å². The van der Waals surface area contributed by atoms with Crippen LogP contribution >= 0.6 is 0 Å². The van der Waals surface area contributed by atoms with Crippen molar-refractivity contribution in [3.8, 4) is 0 Å². The Morgan fingerprint density at radius 2 is 2.47 bits per heavy atom. The number of nitrogen functional groups attached to an aromatic ring is 1. The van der Waals surface area contributed by atoms with Crippen molar-refractivity contribution in [3.63, 3.8) is 0 Å². The highest BCUT2D eigenvalue weighted by atomic mass is 16.3. The van der Waals surface area contributed by atoms with Gasteiger partial charge in [0.05, 0.1) is 18.3 Å². The van der Waals surface area contributed by atoms with Crippen LogP contribution in [0.1, 0.15) is 13.3 Å². The number of anilines is 2. The van der Waals surface area contributed by atoms with Crippen molar-refractivity contribution < 1.29 is 5.11 Å². The molecular weight excluding hydrogens is 190 g/mol. The number of aliphatic hydroxyl groups is 1. The highest BCUT2D eigenvalue weighted by Gasteiger charge is 2.31. The van der Waals surface area contributed by atoms with Crippen molar-refractivity contribution in [3.05, 3.63) is 18.3 Å². The zero-order valence-corrected chi connectivity index (χ0v) is 8.93. The molecule has 1 aromatic heterocycles. The maximum absolute atomic E-state index is 9.36. The molecule has 0 radical (unpaired) electrons. The molecule has 4 heteroatoms. The number of pyridine rings is 1. The number of hydrogen-bond acceptors (Lipinski definition) is 4. The van der Waals surface area contributed by atoms with E-state index in [9.17, 15) is 5.11 Å². The number of aliphatic hydroxyl groups excluding tert-OH is 1. The van der Waals surface area contributed by atoms with Gasteiger partial charge in [0.15, 0.2) is 0 Å². The Bertz CT molecular complexity index is 342. The van der Waals surface area contributed by atoms with E-state index in [1.165, 1.54) is 0 Å². The zero-order chi connectivity index (χ0) is 10.8. The van der Waals surface area contributed by atoms with Gasteiger partial charge in [-0.1, -0.05) is 6.92 Å². The average Bonchev–Trinajstić information content (AvgIpc) is 2.60. The molecule has 1 fully saturated rings. The Hall–Kier alpha value is -1.29. The molecule has 1 aromatic rings. The molecule has 0 amide bonds. The molecule has 0 aromatic carbocycles. The Morgan fingerprint density at radius 3 is 3.13 bits per heavy atom. The predicted octanol–water partition coefficient (Wildman–Crippen LogP) is 0.871. The highest BCUT2D eigenvalue weighted by Crippen LogP contribution is 2.31. The van der Waals surface area contributed by atoms with Crippen molar-refractivity contribution in [1.29, 1.82) is 0 Å². The molecule has 2 heterocycles. The molecule has 1 aliphatic heterocycles. The standard InChI is InChI=1S/C11H17N3O/c1-8-4-6-14(10(8)7-15)9-3-2-5-13-11(9)12/h2-3,5,8,10,15H,4,6-7H2,1H3,(H2,12,13). The summed E-state index contributed by atoms with van der Waals surface area (Å²) >= 11 is 0. The van der Waals surface area contributed by atoms with Crippen molar-refractivity contribution >= 4 is 11.5 Å². The second-order valence-corrected chi connectivity index (χ2v) is 4.12. The van der Waals surface area contributed by atoms with Gasteiger partial charge in [0.2, 0.25) is 0 Å². The molecule has 4 nitrogen and oxygen atoms in total. The third kappa shape index (κ3) is 1.77. The summed E-state index contributed by atoms with van der Waals surface area (Å²) in [5.74, 6) is 1.06. The lowest BCUT2D eigenvalue weighted by molar-refractivity contribution is 0.245. The Kier molecular flexibility index (Phi) is 2.77. The summed E-state index contributed by atoms with van der Waals surface area (Å²) < 4.78 is 0. The van der Waals surface area contributed by atoms with E-state index in [0.29, 0.717) is 11.7 Å². The van der Waals surface area contributed by atoms with E-state index in [4.69, 9.17) is 5.73 Å². The van der Waals surface area contributed by atoms with E-state index in [1.807, 2.05) is 12.1 Å². The molecule has 2 unspecified atom stereocenters. The van der Waals surface area contributed by atoms with Gasteiger partial charge in [-0.25, -0.2) is 4.98 Å². The van der Waals surface area contributed by atoms with Gasteiger partial charge in [-0.15, -0.1) is 0 Å². The van der Waals surface area contributed by atoms with Gasteiger partial charge in [0.25, 0.3) is 0 Å². The first-order valence-corrected chi connectivity index (χ1v) is 5.32. The van der Waals surface area contributed by atoms with Crippen LogP contribution in [0.15, 0.2) is 18.3 Å². The van der Waals surface area contributed by atoms with Gasteiger partial charge in [0.1, 0.15) is 5.82 Å². The van der Waals surface area contributed by atoms with Gasteiger partial charge in [-0.2, -0.15) is 0 Å². The summed E-state index contributed by atoms with van der Waals surface area (Å²) in [6.45, 7) is 3.28. The van der Waals surface area contributed by atoms with E-state index in [0.717, 1.165) is 18.7 Å². The molecular formula is C11H17N3O. The fourth-order valence-electron chi connectivity index (χ4n) is 2.24. The number of rotatable bonds is 2. The van der Waals surface area contributed by atoms with Crippen LogP contribution in [0.4, 0.5) is 11.5 Å². The molecule has 1 aliphatic rings. The minimum atomic E-state index is 0.176. The molecule has 82 valence electrons. The van der Waals surface area contributed by atoms with Crippen LogP contribution < -0.4 is 10.6 Å². The van der Waals surface area contributed by atoms with E-state index < -0.39 is 0 Å². The summed E-state index contributed by atoms with van der Waals surface area (Å²) in [5, 5.41) is 9.36. The third-order valence-corrected chi connectivity index (χ3v) is 3.20. The topological polar surface area (TPSA) is 62.4 Å². The summed E-state index contributed by atoms with van der Waals surface area (Å²) in [7, 11) is 0. The molecule has 2 atom stereocenters. The quantitative estimate of drug-likeness (QED) is 0.755. The van der Waals surface area contributed by atoms with Crippen molar-refractivity contribution in [2.45, 2.75) is 19.4 Å². The number of aromatic nitrogens is 1.